The van der Waals surface area contributed by atoms with Crippen LogP contribution in [0, 0.1) is 0 Å². The molecule has 1 amide bonds. The highest BCUT2D eigenvalue weighted by atomic mass is 16.5. The molecule has 0 bridgehead atoms. The number of amides is 1. The molecule has 1 saturated heterocycles. The maximum atomic E-state index is 13.3. The van der Waals surface area contributed by atoms with Gasteiger partial charge in [0, 0.05) is 24.8 Å². The lowest BCUT2D eigenvalue weighted by atomic mass is 9.93. The second kappa shape index (κ2) is 9.46. The Labute approximate surface area is 193 Å². The Morgan fingerprint density at radius 3 is 2.45 bits per heavy atom. The molecule has 33 heavy (non-hydrogen) atoms. The first-order valence-electron chi connectivity index (χ1n) is 10.9. The number of fused-ring (bicyclic) bond motifs is 1. The van der Waals surface area contributed by atoms with Gasteiger partial charge in [0.25, 0.3) is 11.7 Å². The van der Waals surface area contributed by atoms with Crippen LogP contribution in [0.5, 0.6) is 5.75 Å². The Morgan fingerprint density at radius 1 is 1.00 bits per heavy atom. The number of para-hydroxylation sites is 1. The molecule has 1 heterocycles. The summed E-state index contributed by atoms with van der Waals surface area (Å²) in [6, 6.07) is 19.6. The molecular formula is C27H27NO5. The van der Waals surface area contributed by atoms with Crippen molar-refractivity contribution >= 4 is 28.2 Å². The smallest absolute Gasteiger partial charge is 0.295 e. The van der Waals surface area contributed by atoms with Crippen molar-refractivity contribution in [1.82, 2.24) is 4.90 Å². The van der Waals surface area contributed by atoms with E-state index in [0.29, 0.717) is 16.9 Å². The molecule has 6 nitrogen and oxygen atoms in total. The van der Waals surface area contributed by atoms with Gasteiger partial charge in [0.1, 0.15) is 11.5 Å². The van der Waals surface area contributed by atoms with Crippen molar-refractivity contribution in [2.75, 3.05) is 20.3 Å². The van der Waals surface area contributed by atoms with Crippen molar-refractivity contribution in [2.24, 2.45) is 0 Å². The lowest BCUT2D eigenvalue weighted by molar-refractivity contribution is -0.140. The fourth-order valence-corrected chi connectivity index (χ4v) is 4.27. The first-order valence-corrected chi connectivity index (χ1v) is 10.9. The maximum absolute atomic E-state index is 13.3. The van der Waals surface area contributed by atoms with Crippen LogP contribution in [0.2, 0.25) is 0 Å². The van der Waals surface area contributed by atoms with Crippen LogP contribution in [-0.2, 0) is 14.3 Å². The van der Waals surface area contributed by atoms with Crippen LogP contribution in [0.1, 0.15) is 31.0 Å². The molecule has 1 atom stereocenters. The molecule has 3 aromatic carbocycles. The summed E-state index contributed by atoms with van der Waals surface area (Å²) in [6.07, 6.45) is -0.106. The molecule has 6 heteroatoms. The van der Waals surface area contributed by atoms with E-state index in [4.69, 9.17) is 9.47 Å². The number of ether oxygens (including phenoxy) is 2. The van der Waals surface area contributed by atoms with E-state index in [9.17, 15) is 14.7 Å². The van der Waals surface area contributed by atoms with Gasteiger partial charge < -0.3 is 19.5 Å². The largest absolute Gasteiger partial charge is 0.507 e. The Balaban J connectivity index is 1.95. The molecule has 0 aliphatic carbocycles. The van der Waals surface area contributed by atoms with Gasteiger partial charge in [-0.3, -0.25) is 9.59 Å². The maximum Gasteiger partial charge on any atom is 0.295 e. The van der Waals surface area contributed by atoms with Crippen molar-refractivity contribution < 1.29 is 24.2 Å². The number of Topliss-reactive ketones (excluding diaryl/α,β-unsaturated/α-hetero) is 1. The SMILES string of the molecule is COCCN1C(=O)C(=O)/C(=C(/O)c2cccc3ccccc23)C1c1ccccc1OC(C)C. The van der Waals surface area contributed by atoms with E-state index in [-0.39, 0.29) is 30.6 Å². The monoisotopic (exact) mass is 445 g/mol. The molecule has 1 fully saturated rings. The highest BCUT2D eigenvalue weighted by molar-refractivity contribution is 6.46. The third kappa shape index (κ3) is 4.22. The van der Waals surface area contributed by atoms with Gasteiger partial charge in [0.15, 0.2) is 0 Å². The standard InChI is InChI=1S/C27H27NO5/c1-17(2)33-22-14-7-6-12-21(22)24-23(26(30)27(31)28(24)15-16-32-3)25(29)20-13-8-10-18-9-4-5-11-19(18)20/h4-14,17,24,29H,15-16H2,1-3H3/b25-23+. The zero-order valence-electron chi connectivity index (χ0n) is 18.9. The normalized spacial score (nSPS) is 17.8. The summed E-state index contributed by atoms with van der Waals surface area (Å²) < 4.78 is 11.2. The minimum atomic E-state index is -0.797. The van der Waals surface area contributed by atoms with E-state index in [1.165, 1.54) is 12.0 Å². The number of carbonyl (C=O) groups is 2. The molecule has 1 aliphatic heterocycles. The highest BCUT2D eigenvalue weighted by Gasteiger charge is 2.47. The van der Waals surface area contributed by atoms with E-state index in [2.05, 4.69) is 0 Å². The van der Waals surface area contributed by atoms with Crippen LogP contribution < -0.4 is 4.74 Å². The Hall–Kier alpha value is -3.64. The van der Waals surface area contributed by atoms with Gasteiger partial charge in [-0.25, -0.2) is 0 Å². The van der Waals surface area contributed by atoms with Crippen LogP contribution in [0.3, 0.4) is 0 Å². The first-order chi connectivity index (χ1) is 15.9. The lowest BCUT2D eigenvalue weighted by Gasteiger charge is -2.27. The van der Waals surface area contributed by atoms with Gasteiger partial charge >= 0.3 is 0 Å². The van der Waals surface area contributed by atoms with Crippen LogP contribution >= 0.6 is 0 Å². The van der Waals surface area contributed by atoms with E-state index >= 15 is 0 Å². The third-order valence-corrected chi connectivity index (χ3v) is 5.70. The van der Waals surface area contributed by atoms with E-state index in [1.807, 2.05) is 74.5 Å². The number of benzene rings is 3. The van der Waals surface area contributed by atoms with Gasteiger partial charge in [-0.1, -0.05) is 60.7 Å². The van der Waals surface area contributed by atoms with Gasteiger partial charge in [0.05, 0.1) is 24.3 Å². The average Bonchev–Trinajstić information content (AvgIpc) is 3.06. The highest BCUT2D eigenvalue weighted by Crippen LogP contribution is 2.43. The first kappa shape index (κ1) is 22.6. The number of aliphatic hydroxyl groups is 1. The lowest BCUT2D eigenvalue weighted by Crippen LogP contribution is -2.33. The minimum absolute atomic E-state index is 0.0484. The van der Waals surface area contributed by atoms with Gasteiger partial charge in [0.2, 0.25) is 0 Å². The van der Waals surface area contributed by atoms with E-state index in [1.54, 1.807) is 6.07 Å². The number of hydrogen-bond donors (Lipinski definition) is 1. The van der Waals surface area contributed by atoms with Gasteiger partial charge in [-0.2, -0.15) is 0 Å². The number of likely N-dealkylation sites (tertiary alicyclic amines) is 1. The van der Waals surface area contributed by atoms with Crippen LogP contribution in [0.4, 0.5) is 0 Å². The number of rotatable bonds is 7. The number of aliphatic hydroxyl groups excluding tert-OH is 1. The average molecular weight is 446 g/mol. The summed E-state index contributed by atoms with van der Waals surface area (Å²) in [5.41, 5.74) is 1.20. The predicted molar refractivity (Wildman–Crippen MR) is 127 cm³/mol. The Morgan fingerprint density at radius 2 is 1.70 bits per heavy atom. The molecule has 4 rings (SSSR count). The summed E-state index contributed by atoms with van der Waals surface area (Å²) in [5.74, 6) is -1.03. The van der Waals surface area contributed by atoms with Crippen molar-refractivity contribution in [3.63, 3.8) is 0 Å². The van der Waals surface area contributed by atoms with Gasteiger partial charge in [-0.15, -0.1) is 0 Å². The fraction of sp³-hybridized carbons (Fsp3) is 0.259. The quantitative estimate of drug-likeness (QED) is 0.324. The number of methoxy groups -OCH3 is 1. The summed E-state index contributed by atoms with van der Waals surface area (Å²) in [4.78, 5) is 27.8. The summed E-state index contributed by atoms with van der Waals surface area (Å²) in [7, 11) is 1.54. The number of nitrogens with zero attached hydrogens (tertiary/aromatic N) is 1. The van der Waals surface area contributed by atoms with Crippen LogP contribution in [-0.4, -0.2) is 48.1 Å². The Kier molecular flexibility index (Phi) is 6.47. The molecule has 0 aromatic heterocycles. The van der Waals surface area contributed by atoms with Gasteiger partial charge in [-0.05, 0) is 30.7 Å². The predicted octanol–water partition coefficient (Wildman–Crippen LogP) is 4.70. The number of ketones is 1. The van der Waals surface area contributed by atoms with Crippen molar-refractivity contribution in [3.05, 3.63) is 83.4 Å². The van der Waals surface area contributed by atoms with Crippen molar-refractivity contribution in [1.29, 1.82) is 0 Å². The molecule has 0 spiro atoms. The molecule has 1 aliphatic rings. The second-order valence-corrected chi connectivity index (χ2v) is 8.22. The zero-order chi connectivity index (χ0) is 23.5. The van der Waals surface area contributed by atoms with E-state index < -0.39 is 17.7 Å². The molecule has 170 valence electrons. The van der Waals surface area contributed by atoms with E-state index in [0.717, 1.165) is 10.8 Å². The van der Waals surface area contributed by atoms with Crippen molar-refractivity contribution in [3.8, 4) is 5.75 Å². The summed E-state index contributed by atoms with van der Waals surface area (Å²) in [5, 5.41) is 13.2. The van der Waals surface area contributed by atoms with Crippen LogP contribution in [0.25, 0.3) is 16.5 Å². The fourth-order valence-electron chi connectivity index (χ4n) is 4.27. The molecule has 0 radical (unpaired) electrons. The minimum Gasteiger partial charge on any atom is -0.507 e. The van der Waals surface area contributed by atoms with Crippen molar-refractivity contribution in [2.45, 2.75) is 26.0 Å². The van der Waals surface area contributed by atoms with Crippen LogP contribution in [0.15, 0.2) is 72.3 Å². The third-order valence-electron chi connectivity index (χ3n) is 5.70. The zero-order valence-corrected chi connectivity index (χ0v) is 18.9. The number of carbonyl (C=O) groups excluding carboxylic acids is 2. The topological polar surface area (TPSA) is 76.1 Å². The summed E-state index contributed by atoms with van der Waals surface area (Å²) >= 11 is 0. The Bertz CT molecular complexity index is 1220. The second-order valence-electron chi connectivity index (χ2n) is 8.22. The molecular weight excluding hydrogens is 418 g/mol. The summed E-state index contributed by atoms with van der Waals surface area (Å²) in [6.45, 7) is 4.28. The molecule has 3 aromatic rings. The molecule has 1 N–H and O–H groups in total. The molecule has 1 unspecified atom stereocenters. The number of hydrogen-bond acceptors (Lipinski definition) is 5. The molecule has 0 saturated carbocycles.